The van der Waals surface area contributed by atoms with Gasteiger partial charge in [0.25, 0.3) is 0 Å². The van der Waals surface area contributed by atoms with Gasteiger partial charge in [0.15, 0.2) is 7.60 Å². The van der Waals surface area contributed by atoms with E-state index in [1.165, 1.54) is 0 Å². The predicted molar refractivity (Wildman–Crippen MR) is 38.1 cm³/mol. The Bertz CT molecular complexity index is 232. The van der Waals surface area contributed by atoms with Crippen molar-refractivity contribution < 1.29 is 24.4 Å². The molecule has 0 aromatic rings. The standard InChI is InChI=1S/C5H10NO5P/c1-5(7)6(8)3-2-4-12(9,10)11/h2,4,8H,3H2,1H3,(H2,9,10,11)/p-1/b4-2+. The minimum atomic E-state index is -4.43. The zero-order valence-electron chi connectivity index (χ0n) is 6.38. The van der Waals surface area contributed by atoms with Gasteiger partial charge in [-0.3, -0.25) is 10.0 Å². The number of hydrogen-bond donors (Lipinski definition) is 2. The summed E-state index contributed by atoms with van der Waals surface area (Å²) in [5, 5.41) is 8.99. The van der Waals surface area contributed by atoms with Gasteiger partial charge in [0.2, 0.25) is 5.91 Å². The number of rotatable bonds is 3. The van der Waals surface area contributed by atoms with E-state index in [-0.39, 0.29) is 6.54 Å². The normalized spacial score (nSPS) is 16.0. The molecule has 0 aromatic carbocycles. The molecule has 0 heterocycles. The van der Waals surface area contributed by atoms with Crippen LogP contribution in [0.25, 0.3) is 0 Å². The molecular weight excluding hydrogens is 185 g/mol. The van der Waals surface area contributed by atoms with Crippen molar-refractivity contribution >= 4 is 13.5 Å². The van der Waals surface area contributed by atoms with Crippen LogP contribution in [0.15, 0.2) is 11.9 Å². The highest BCUT2D eigenvalue weighted by Gasteiger charge is 2.00. The Morgan fingerprint density at radius 2 is 2.25 bits per heavy atom. The van der Waals surface area contributed by atoms with Gasteiger partial charge in [-0.2, -0.15) is 0 Å². The van der Waals surface area contributed by atoms with Gasteiger partial charge in [-0.1, -0.05) is 6.08 Å². The van der Waals surface area contributed by atoms with Gasteiger partial charge in [-0.15, -0.1) is 0 Å². The molecule has 0 radical (unpaired) electrons. The van der Waals surface area contributed by atoms with Crippen LogP contribution in [0.3, 0.4) is 0 Å². The fourth-order valence-corrected chi connectivity index (χ4v) is 0.769. The minimum Gasteiger partial charge on any atom is -0.776 e. The fourth-order valence-electron chi connectivity index (χ4n) is 0.409. The van der Waals surface area contributed by atoms with Crippen LogP contribution in [-0.2, 0) is 9.36 Å². The van der Waals surface area contributed by atoms with Crippen molar-refractivity contribution in [2.24, 2.45) is 0 Å². The summed E-state index contributed by atoms with van der Waals surface area (Å²) < 4.78 is 10.1. The highest BCUT2D eigenvalue weighted by atomic mass is 31.2. The van der Waals surface area contributed by atoms with Crippen LogP contribution in [0.1, 0.15) is 6.92 Å². The van der Waals surface area contributed by atoms with Crippen LogP contribution in [-0.4, -0.2) is 27.6 Å². The van der Waals surface area contributed by atoms with Crippen molar-refractivity contribution in [1.29, 1.82) is 0 Å². The molecule has 7 heteroatoms. The first-order valence-electron chi connectivity index (χ1n) is 3.01. The van der Waals surface area contributed by atoms with Gasteiger partial charge in [0, 0.05) is 6.92 Å². The summed E-state index contributed by atoms with van der Waals surface area (Å²) in [7, 11) is -4.43. The van der Waals surface area contributed by atoms with Crippen molar-refractivity contribution in [2.45, 2.75) is 6.92 Å². The van der Waals surface area contributed by atoms with E-state index in [2.05, 4.69) is 0 Å². The molecule has 1 unspecified atom stereocenters. The molecule has 0 aliphatic heterocycles. The van der Waals surface area contributed by atoms with E-state index in [9.17, 15) is 14.3 Å². The van der Waals surface area contributed by atoms with Crippen LogP contribution >= 0.6 is 7.60 Å². The number of carbonyl (C=O) groups is 1. The Morgan fingerprint density at radius 3 is 2.58 bits per heavy atom. The lowest BCUT2D eigenvalue weighted by molar-refractivity contribution is -0.189. The van der Waals surface area contributed by atoms with Crippen LogP contribution in [0.2, 0.25) is 0 Å². The Kier molecular flexibility index (Phi) is 4.12. The summed E-state index contributed by atoms with van der Waals surface area (Å²) in [6, 6.07) is 0. The fraction of sp³-hybridized carbons (Fsp3) is 0.400. The smallest absolute Gasteiger partial charge is 0.243 e. The highest BCUT2D eigenvalue weighted by molar-refractivity contribution is 7.53. The van der Waals surface area contributed by atoms with Crippen molar-refractivity contribution in [2.75, 3.05) is 6.54 Å². The lowest BCUT2D eigenvalue weighted by atomic mass is 10.6. The molecule has 1 amide bonds. The molecule has 0 fully saturated rings. The Hall–Kier alpha value is -0.680. The molecule has 0 bridgehead atoms. The first-order valence-corrected chi connectivity index (χ1v) is 4.66. The molecule has 70 valence electrons. The summed E-state index contributed by atoms with van der Waals surface area (Å²) in [4.78, 5) is 28.6. The SMILES string of the molecule is CC(=O)N(O)C/C=C/P(=O)([O-])O. The van der Waals surface area contributed by atoms with Gasteiger partial charge in [-0.05, 0) is 5.82 Å². The van der Waals surface area contributed by atoms with Crippen LogP contribution in [0.5, 0.6) is 0 Å². The summed E-state index contributed by atoms with van der Waals surface area (Å²) in [6.07, 6.45) is 0.954. The van der Waals surface area contributed by atoms with E-state index >= 15 is 0 Å². The molecular formula is C5H9NO5P-. The lowest BCUT2D eigenvalue weighted by Crippen LogP contribution is -2.24. The lowest BCUT2D eigenvalue weighted by Gasteiger charge is -2.11. The highest BCUT2D eigenvalue weighted by Crippen LogP contribution is 2.29. The molecule has 0 rings (SSSR count). The van der Waals surface area contributed by atoms with E-state index < -0.39 is 13.5 Å². The van der Waals surface area contributed by atoms with Crippen molar-refractivity contribution in [1.82, 2.24) is 5.06 Å². The third kappa shape index (κ3) is 6.06. The van der Waals surface area contributed by atoms with Crippen LogP contribution in [0, 0.1) is 0 Å². The largest absolute Gasteiger partial charge is 0.776 e. The molecule has 0 spiro atoms. The van der Waals surface area contributed by atoms with Crippen molar-refractivity contribution in [3.8, 4) is 0 Å². The zero-order valence-corrected chi connectivity index (χ0v) is 7.27. The summed E-state index contributed by atoms with van der Waals surface area (Å²) >= 11 is 0. The number of nitrogens with zero attached hydrogens (tertiary/aromatic N) is 1. The maximum Gasteiger partial charge on any atom is 0.243 e. The third-order valence-corrected chi connectivity index (χ3v) is 1.52. The van der Waals surface area contributed by atoms with Crippen LogP contribution < -0.4 is 4.89 Å². The Labute approximate surface area is 69.2 Å². The maximum absolute atomic E-state index is 10.3. The minimum absolute atomic E-state index is 0.276. The number of hydrogen-bond acceptors (Lipinski definition) is 4. The molecule has 12 heavy (non-hydrogen) atoms. The Balaban J connectivity index is 3.92. The summed E-state index contributed by atoms with van der Waals surface area (Å²) in [5.74, 6) is -0.0996. The van der Waals surface area contributed by atoms with E-state index in [0.29, 0.717) is 10.9 Å². The second-order valence-corrected chi connectivity index (χ2v) is 3.48. The maximum atomic E-state index is 10.3. The van der Waals surface area contributed by atoms with Crippen LogP contribution in [0.4, 0.5) is 0 Å². The molecule has 1 atom stereocenters. The quantitative estimate of drug-likeness (QED) is 0.351. The van der Waals surface area contributed by atoms with Gasteiger partial charge >= 0.3 is 0 Å². The van der Waals surface area contributed by atoms with Gasteiger partial charge in [0.05, 0.1) is 6.54 Å². The number of amides is 1. The van der Waals surface area contributed by atoms with E-state index in [0.717, 1.165) is 13.0 Å². The van der Waals surface area contributed by atoms with Gasteiger partial charge in [0.1, 0.15) is 0 Å². The predicted octanol–water partition coefficient (Wildman–Crippen LogP) is -0.717. The molecule has 6 nitrogen and oxygen atoms in total. The average Bonchev–Trinajstić information content (AvgIpc) is 1.84. The Morgan fingerprint density at radius 1 is 1.75 bits per heavy atom. The number of carbonyl (C=O) groups excluding carboxylic acids is 1. The second kappa shape index (κ2) is 4.37. The molecule has 0 saturated heterocycles. The average molecular weight is 194 g/mol. The molecule has 0 aliphatic rings. The van der Waals surface area contributed by atoms with Gasteiger partial charge < -0.3 is 14.4 Å². The molecule has 0 aromatic heterocycles. The first-order chi connectivity index (χ1) is 5.33. The summed E-state index contributed by atoms with van der Waals surface area (Å²) in [5.41, 5.74) is 0. The third-order valence-electron chi connectivity index (χ3n) is 0.936. The number of hydroxylamine groups is 2. The van der Waals surface area contributed by atoms with Crippen molar-refractivity contribution in [3.05, 3.63) is 11.9 Å². The molecule has 0 aliphatic carbocycles. The van der Waals surface area contributed by atoms with E-state index in [4.69, 9.17) is 10.1 Å². The van der Waals surface area contributed by atoms with Crippen molar-refractivity contribution in [3.63, 3.8) is 0 Å². The van der Waals surface area contributed by atoms with E-state index in [1.54, 1.807) is 0 Å². The van der Waals surface area contributed by atoms with Gasteiger partial charge in [-0.25, -0.2) is 5.06 Å². The summed E-state index contributed by atoms with van der Waals surface area (Å²) in [6.45, 7) is 0.839. The monoisotopic (exact) mass is 194 g/mol. The zero-order chi connectivity index (χ0) is 9.78. The first kappa shape index (κ1) is 11.3. The molecule has 0 saturated carbocycles. The molecule has 2 N–H and O–H groups in total. The van der Waals surface area contributed by atoms with E-state index in [1.807, 2.05) is 0 Å². The topological polar surface area (TPSA) is 101 Å². The second-order valence-electron chi connectivity index (χ2n) is 2.05.